The van der Waals surface area contributed by atoms with E-state index in [0.29, 0.717) is 10.8 Å². The summed E-state index contributed by atoms with van der Waals surface area (Å²) in [7, 11) is 2.37. The third-order valence-corrected chi connectivity index (χ3v) is 12.9. The van der Waals surface area contributed by atoms with Crippen molar-refractivity contribution >= 4 is 0 Å². The summed E-state index contributed by atoms with van der Waals surface area (Å²) >= 11 is 0.780. The second-order valence-electron chi connectivity index (χ2n) is 12.9. The van der Waals surface area contributed by atoms with Crippen molar-refractivity contribution in [1.82, 2.24) is 2.66 Å². The van der Waals surface area contributed by atoms with Crippen molar-refractivity contribution in [3.05, 3.63) is 11.6 Å². The third-order valence-electron chi connectivity index (χ3n) is 10.9. The van der Waals surface area contributed by atoms with Crippen molar-refractivity contribution in [2.45, 2.75) is 111 Å². The van der Waals surface area contributed by atoms with Crippen LogP contribution in [0.5, 0.6) is 0 Å². The van der Waals surface area contributed by atoms with E-state index in [2.05, 4.69) is 50.4 Å². The van der Waals surface area contributed by atoms with Gasteiger partial charge in [-0.2, -0.15) is 0 Å². The van der Waals surface area contributed by atoms with Crippen molar-refractivity contribution in [1.29, 1.82) is 0 Å². The topological polar surface area (TPSA) is 3.24 Å². The van der Waals surface area contributed by atoms with Crippen LogP contribution in [0.4, 0.5) is 0 Å². The fourth-order valence-electron chi connectivity index (χ4n) is 9.04. The van der Waals surface area contributed by atoms with Crippen LogP contribution in [0.1, 0.15) is 105 Å². The summed E-state index contributed by atoms with van der Waals surface area (Å²) < 4.78 is 2.67. The molecule has 0 N–H and O–H groups in total. The van der Waals surface area contributed by atoms with Crippen molar-refractivity contribution in [3.8, 4) is 0 Å². The standard InChI is InChI=1S/C28H48N.Hg/c1-19(2)8-7-9-20(3)24-12-13-25-23-11-10-21-18-22(29-6)14-16-27(21,4)26(23)15-17-28(24,25)5;/h10,19-20,22-26H,7-9,11-18H2,1-6H3;/q-1;+1. The average molecular weight is 599 g/mol. The number of allylic oxidation sites excluding steroid dienone is 1. The molecule has 167 valence electrons. The van der Waals surface area contributed by atoms with E-state index < -0.39 is 0 Å². The Morgan fingerprint density at radius 1 is 1.03 bits per heavy atom. The van der Waals surface area contributed by atoms with Crippen LogP contribution in [0.15, 0.2) is 11.6 Å². The summed E-state index contributed by atoms with van der Waals surface area (Å²) in [5, 5.41) is 0. The summed E-state index contributed by atoms with van der Waals surface area (Å²) in [5.41, 5.74) is 3.04. The van der Waals surface area contributed by atoms with Gasteiger partial charge in [-0.25, -0.2) is 0 Å². The molecule has 0 saturated heterocycles. The van der Waals surface area contributed by atoms with Crippen LogP contribution >= 0.6 is 0 Å². The van der Waals surface area contributed by atoms with Crippen LogP contribution < -0.4 is 0 Å². The predicted octanol–water partition coefficient (Wildman–Crippen LogP) is 7.79. The first-order valence-electron chi connectivity index (χ1n) is 13.4. The van der Waals surface area contributed by atoms with Gasteiger partial charge in [-0.05, 0) is 5.92 Å². The molecule has 0 heterocycles. The van der Waals surface area contributed by atoms with Crippen LogP contribution in [0.2, 0.25) is 0 Å². The molecule has 4 rings (SSSR count). The molecule has 1 nitrogen and oxygen atoms in total. The summed E-state index contributed by atoms with van der Waals surface area (Å²) in [5.74, 6) is 5.77. The van der Waals surface area contributed by atoms with Crippen LogP contribution in [0, 0.1) is 46.3 Å². The number of fused-ring (bicyclic) bond motifs is 5. The molecule has 0 spiro atoms. The van der Waals surface area contributed by atoms with Gasteiger partial charge in [-0.3, -0.25) is 0 Å². The zero-order chi connectivity index (χ0) is 21.7. The molecule has 0 aromatic rings. The van der Waals surface area contributed by atoms with Gasteiger partial charge in [-0.1, -0.05) is 26.7 Å². The SMILES string of the molecule is CC(C)CCCC(C)C1CCC2C3CC=C4CC([N](C)[Hg])CCC4(C)C3CCC12C. The van der Waals surface area contributed by atoms with Crippen molar-refractivity contribution < 1.29 is 26.4 Å². The average Bonchev–Trinajstić information content (AvgIpc) is 3.04. The van der Waals surface area contributed by atoms with Crippen LogP contribution in [-0.4, -0.2) is 15.8 Å². The number of hydrogen-bond acceptors (Lipinski definition) is 1. The van der Waals surface area contributed by atoms with Crippen LogP contribution in [0.3, 0.4) is 0 Å². The molecule has 8 atom stereocenters. The van der Waals surface area contributed by atoms with E-state index in [1.54, 1.807) is 0 Å². The molecule has 0 bridgehead atoms. The van der Waals surface area contributed by atoms with Crippen molar-refractivity contribution in [2.24, 2.45) is 46.3 Å². The molecule has 2 heteroatoms. The van der Waals surface area contributed by atoms with E-state index in [1.807, 2.05) is 5.57 Å². The Kier molecular flexibility index (Phi) is 7.22. The Morgan fingerprint density at radius 2 is 1.80 bits per heavy atom. The molecule has 0 aromatic carbocycles. The van der Waals surface area contributed by atoms with E-state index in [4.69, 9.17) is 0 Å². The second-order valence-corrected chi connectivity index (χ2v) is 16.8. The van der Waals surface area contributed by atoms with Crippen LogP contribution in [-0.2, 0) is 26.4 Å². The van der Waals surface area contributed by atoms with E-state index in [0.717, 1.165) is 68.0 Å². The number of rotatable bonds is 6. The van der Waals surface area contributed by atoms with Gasteiger partial charge in [0.25, 0.3) is 0 Å². The first-order chi connectivity index (χ1) is 14.2. The van der Waals surface area contributed by atoms with E-state index in [9.17, 15) is 0 Å². The summed E-state index contributed by atoms with van der Waals surface area (Å²) in [6.07, 6.45) is 18.9. The van der Waals surface area contributed by atoms with Gasteiger partial charge in [0.2, 0.25) is 0 Å². The molecular formula is C28H48HgN. The molecule has 0 radical (unpaired) electrons. The molecule has 3 fully saturated rings. The van der Waals surface area contributed by atoms with Gasteiger partial charge in [-0.15, -0.1) is 0 Å². The molecule has 4 aliphatic carbocycles. The zero-order valence-electron chi connectivity index (χ0n) is 21.1. The van der Waals surface area contributed by atoms with Gasteiger partial charge >= 0.3 is 173 Å². The fraction of sp³-hybridized carbons (Fsp3) is 0.929. The Morgan fingerprint density at radius 3 is 2.50 bits per heavy atom. The Balaban J connectivity index is 1.48. The molecule has 4 aliphatic rings. The van der Waals surface area contributed by atoms with Crippen molar-refractivity contribution in [2.75, 3.05) is 7.05 Å². The molecular weight excluding hydrogens is 551 g/mol. The molecule has 0 amide bonds. The number of nitrogens with zero attached hydrogens (tertiary/aromatic N) is 1. The Bertz CT molecular complexity index is 639. The van der Waals surface area contributed by atoms with Gasteiger partial charge in [0.05, 0.1) is 0 Å². The van der Waals surface area contributed by atoms with Crippen LogP contribution in [0.25, 0.3) is 0 Å². The maximum atomic E-state index is 2.77. The predicted molar refractivity (Wildman–Crippen MR) is 125 cm³/mol. The minimum atomic E-state index is 0.533. The minimum absolute atomic E-state index is 0.533. The summed E-state index contributed by atoms with van der Waals surface area (Å²) in [6, 6.07) is 0.862. The normalized spacial score (nSPS) is 44.5. The van der Waals surface area contributed by atoms with E-state index in [-0.39, 0.29) is 0 Å². The quantitative estimate of drug-likeness (QED) is 0.223. The zero-order valence-corrected chi connectivity index (χ0v) is 26.5. The summed E-state index contributed by atoms with van der Waals surface area (Å²) in [6.45, 7) is 12.8. The first-order valence-corrected chi connectivity index (χ1v) is 15.9. The Hall–Kier alpha value is 0.635. The molecule has 30 heavy (non-hydrogen) atoms. The van der Waals surface area contributed by atoms with E-state index >= 15 is 0 Å². The van der Waals surface area contributed by atoms with E-state index in [1.165, 1.54) is 70.6 Å². The van der Waals surface area contributed by atoms with Crippen molar-refractivity contribution in [3.63, 3.8) is 0 Å². The first kappa shape index (κ1) is 23.8. The molecule has 3 saturated carbocycles. The Labute approximate surface area is 204 Å². The summed E-state index contributed by atoms with van der Waals surface area (Å²) in [4.78, 5) is 0. The molecule has 0 aliphatic heterocycles. The maximum absolute atomic E-state index is 2.77. The number of hydrogen-bond donors (Lipinski definition) is 0. The molecule has 0 aromatic heterocycles. The second kappa shape index (κ2) is 9.11. The fourth-order valence-corrected chi connectivity index (χ4v) is 10.3. The third kappa shape index (κ3) is 4.15. The van der Waals surface area contributed by atoms with Gasteiger partial charge in [0, 0.05) is 0 Å². The molecule has 8 unspecified atom stereocenters. The van der Waals surface area contributed by atoms with Gasteiger partial charge in [0.1, 0.15) is 0 Å². The van der Waals surface area contributed by atoms with Gasteiger partial charge in [0.15, 0.2) is 0 Å². The van der Waals surface area contributed by atoms with Gasteiger partial charge < -0.3 is 0 Å². The monoisotopic (exact) mass is 600 g/mol.